The molecule has 0 heterocycles. The molecule has 0 radical (unpaired) electrons. The fourth-order valence-electron chi connectivity index (χ4n) is 2.51. The minimum atomic E-state index is -0.705. The lowest BCUT2D eigenvalue weighted by atomic mass is 9.98. The summed E-state index contributed by atoms with van der Waals surface area (Å²) in [5.74, 6) is 0.240. The molecule has 1 aliphatic rings. The maximum Gasteiger partial charge on any atom is 0.235 e. The topological polar surface area (TPSA) is 56.1 Å². The number of hydrogen-bond donors (Lipinski definition) is 1. The lowest BCUT2D eigenvalue weighted by Gasteiger charge is -2.24. The average Bonchev–Trinajstić information content (AvgIpc) is 3.31. The van der Waals surface area contributed by atoms with E-state index in [4.69, 9.17) is 0 Å². The lowest BCUT2D eigenvalue weighted by Crippen LogP contribution is -2.49. The van der Waals surface area contributed by atoms with Crippen LogP contribution >= 0.6 is 15.9 Å². The summed E-state index contributed by atoms with van der Waals surface area (Å²) in [6, 6.07) is 10.5. The highest BCUT2D eigenvalue weighted by Crippen LogP contribution is 2.39. The van der Waals surface area contributed by atoms with Gasteiger partial charge in [-0.1, -0.05) is 28.1 Å². The molecule has 0 aromatic heterocycles. The summed E-state index contributed by atoms with van der Waals surface area (Å²) in [6.07, 6.45) is 2.96. The van der Waals surface area contributed by atoms with Crippen molar-refractivity contribution in [1.29, 1.82) is 5.26 Å². The van der Waals surface area contributed by atoms with Crippen LogP contribution in [0.15, 0.2) is 28.7 Å². The smallest absolute Gasteiger partial charge is 0.235 e. The molecular weight excluding hydrogens is 342 g/mol. The third kappa shape index (κ3) is 4.82. The molecule has 1 amide bonds. The standard InChI is InChI=1S/C17H22BrN3O/c1-17(12-19,14-5-6-14)20-16(22)11-21(2)10-9-13-3-7-15(18)8-4-13/h3-4,7-8,14H,5-6,9-11H2,1-2H3,(H,20,22). The molecule has 118 valence electrons. The van der Waals surface area contributed by atoms with Crippen LogP contribution in [-0.2, 0) is 11.2 Å². The largest absolute Gasteiger partial charge is 0.337 e. The molecule has 22 heavy (non-hydrogen) atoms. The van der Waals surface area contributed by atoms with E-state index in [1.807, 2.05) is 31.0 Å². The van der Waals surface area contributed by atoms with Crippen LogP contribution in [0.2, 0.25) is 0 Å². The molecule has 0 bridgehead atoms. The van der Waals surface area contributed by atoms with Crippen LogP contribution < -0.4 is 5.32 Å². The summed E-state index contributed by atoms with van der Waals surface area (Å²) < 4.78 is 1.07. The molecule has 0 spiro atoms. The summed E-state index contributed by atoms with van der Waals surface area (Å²) in [5, 5.41) is 12.2. The summed E-state index contributed by atoms with van der Waals surface area (Å²) in [5.41, 5.74) is 0.541. The van der Waals surface area contributed by atoms with E-state index >= 15 is 0 Å². The van der Waals surface area contributed by atoms with Crippen molar-refractivity contribution in [2.45, 2.75) is 31.7 Å². The Morgan fingerprint density at radius 2 is 2.09 bits per heavy atom. The highest BCUT2D eigenvalue weighted by molar-refractivity contribution is 9.10. The van der Waals surface area contributed by atoms with Crippen molar-refractivity contribution >= 4 is 21.8 Å². The minimum Gasteiger partial charge on any atom is -0.337 e. The number of rotatable bonds is 7. The molecule has 2 rings (SSSR count). The van der Waals surface area contributed by atoms with Crippen LogP contribution in [0.3, 0.4) is 0 Å². The third-order valence-electron chi connectivity index (χ3n) is 4.13. The predicted molar refractivity (Wildman–Crippen MR) is 90.2 cm³/mol. The zero-order valence-corrected chi connectivity index (χ0v) is 14.7. The SMILES string of the molecule is CN(CCc1ccc(Br)cc1)CC(=O)NC(C)(C#N)C1CC1. The molecule has 1 aliphatic carbocycles. The molecule has 1 fully saturated rings. The number of nitriles is 1. The van der Waals surface area contributed by atoms with E-state index in [0.717, 1.165) is 30.3 Å². The third-order valence-corrected chi connectivity index (χ3v) is 4.66. The van der Waals surface area contributed by atoms with Gasteiger partial charge < -0.3 is 5.32 Å². The summed E-state index contributed by atoms with van der Waals surface area (Å²) in [4.78, 5) is 14.1. The van der Waals surface area contributed by atoms with Gasteiger partial charge in [0.15, 0.2) is 0 Å². The Balaban J connectivity index is 1.76. The van der Waals surface area contributed by atoms with Crippen molar-refractivity contribution in [2.75, 3.05) is 20.1 Å². The number of carbonyl (C=O) groups is 1. The molecule has 1 saturated carbocycles. The van der Waals surface area contributed by atoms with Gasteiger partial charge >= 0.3 is 0 Å². The monoisotopic (exact) mass is 363 g/mol. The quantitative estimate of drug-likeness (QED) is 0.810. The summed E-state index contributed by atoms with van der Waals surface area (Å²) >= 11 is 3.42. The Kier molecular flexibility index (Phi) is 5.60. The van der Waals surface area contributed by atoms with E-state index in [1.165, 1.54) is 5.56 Å². The minimum absolute atomic E-state index is 0.0748. The average molecular weight is 364 g/mol. The highest BCUT2D eigenvalue weighted by atomic mass is 79.9. The Bertz CT molecular complexity index is 562. The number of likely N-dealkylation sites (N-methyl/N-ethyl adjacent to an activating group) is 1. The van der Waals surface area contributed by atoms with E-state index in [0.29, 0.717) is 12.5 Å². The first-order valence-electron chi connectivity index (χ1n) is 7.58. The van der Waals surface area contributed by atoms with Gasteiger partial charge in [0.05, 0.1) is 12.6 Å². The van der Waals surface area contributed by atoms with Crippen molar-refractivity contribution in [3.8, 4) is 6.07 Å². The van der Waals surface area contributed by atoms with Gasteiger partial charge in [-0.3, -0.25) is 9.69 Å². The molecule has 1 N–H and O–H groups in total. The van der Waals surface area contributed by atoms with Gasteiger partial charge in [0, 0.05) is 11.0 Å². The Hall–Kier alpha value is -1.38. The Labute approximate surface area is 140 Å². The number of halogens is 1. The first-order valence-corrected chi connectivity index (χ1v) is 8.37. The van der Waals surface area contributed by atoms with Crippen molar-refractivity contribution in [1.82, 2.24) is 10.2 Å². The van der Waals surface area contributed by atoms with Gasteiger partial charge in [0.1, 0.15) is 5.54 Å². The van der Waals surface area contributed by atoms with Crippen LogP contribution in [-0.4, -0.2) is 36.5 Å². The molecule has 1 unspecified atom stereocenters. The number of nitrogens with zero attached hydrogens (tertiary/aromatic N) is 2. The first-order chi connectivity index (χ1) is 10.4. The van der Waals surface area contributed by atoms with Gasteiger partial charge in [-0.25, -0.2) is 0 Å². The van der Waals surface area contributed by atoms with Crippen LogP contribution in [0.4, 0.5) is 0 Å². The predicted octanol–water partition coefficient (Wildman–Crippen LogP) is 2.73. The Morgan fingerprint density at radius 3 is 2.64 bits per heavy atom. The number of amides is 1. The molecule has 5 heteroatoms. The molecule has 4 nitrogen and oxygen atoms in total. The molecule has 0 aliphatic heterocycles. The molecular formula is C17H22BrN3O. The van der Waals surface area contributed by atoms with E-state index in [2.05, 4.69) is 39.4 Å². The second-order valence-electron chi connectivity index (χ2n) is 6.25. The van der Waals surface area contributed by atoms with Crippen LogP contribution in [0.1, 0.15) is 25.3 Å². The maximum absolute atomic E-state index is 12.1. The normalized spacial score (nSPS) is 16.9. The van der Waals surface area contributed by atoms with Crippen molar-refractivity contribution < 1.29 is 4.79 Å². The summed E-state index contributed by atoms with van der Waals surface area (Å²) in [7, 11) is 1.93. The molecule has 0 saturated heterocycles. The molecule has 1 aromatic carbocycles. The number of hydrogen-bond acceptors (Lipinski definition) is 3. The second-order valence-corrected chi connectivity index (χ2v) is 7.17. The summed E-state index contributed by atoms with van der Waals surface area (Å²) in [6.45, 7) is 2.95. The van der Waals surface area contributed by atoms with Gasteiger partial charge in [-0.15, -0.1) is 0 Å². The number of nitrogens with one attached hydrogen (secondary N) is 1. The van der Waals surface area contributed by atoms with Crippen molar-refractivity contribution in [3.05, 3.63) is 34.3 Å². The van der Waals surface area contributed by atoms with E-state index < -0.39 is 5.54 Å². The van der Waals surface area contributed by atoms with Gasteiger partial charge in [0.25, 0.3) is 0 Å². The second kappa shape index (κ2) is 7.26. The van der Waals surface area contributed by atoms with E-state index in [1.54, 1.807) is 0 Å². The molecule has 1 atom stereocenters. The van der Waals surface area contributed by atoms with Gasteiger partial charge in [-0.05, 0) is 56.8 Å². The Morgan fingerprint density at radius 1 is 1.45 bits per heavy atom. The van der Waals surface area contributed by atoms with Crippen LogP contribution in [0, 0.1) is 17.2 Å². The highest BCUT2D eigenvalue weighted by Gasteiger charge is 2.42. The van der Waals surface area contributed by atoms with Crippen LogP contribution in [0.25, 0.3) is 0 Å². The number of carbonyl (C=O) groups excluding carboxylic acids is 1. The van der Waals surface area contributed by atoms with Gasteiger partial charge in [0.2, 0.25) is 5.91 Å². The van der Waals surface area contributed by atoms with E-state index in [-0.39, 0.29) is 5.91 Å². The fraction of sp³-hybridized carbons (Fsp3) is 0.529. The van der Waals surface area contributed by atoms with Crippen LogP contribution in [0.5, 0.6) is 0 Å². The van der Waals surface area contributed by atoms with Crippen molar-refractivity contribution in [2.24, 2.45) is 5.92 Å². The van der Waals surface area contributed by atoms with Gasteiger partial charge in [-0.2, -0.15) is 5.26 Å². The number of benzene rings is 1. The van der Waals surface area contributed by atoms with E-state index in [9.17, 15) is 10.1 Å². The molecule has 1 aromatic rings. The lowest BCUT2D eigenvalue weighted by molar-refractivity contribution is -0.123. The fourth-order valence-corrected chi connectivity index (χ4v) is 2.77. The first kappa shape index (κ1) is 17.0. The zero-order valence-electron chi connectivity index (χ0n) is 13.1. The zero-order chi connectivity index (χ0) is 16.2. The van der Waals surface area contributed by atoms with Crippen molar-refractivity contribution in [3.63, 3.8) is 0 Å². The maximum atomic E-state index is 12.1.